The quantitative estimate of drug-likeness (QED) is 0.105. The van der Waals surface area contributed by atoms with Gasteiger partial charge in [-0.1, -0.05) is 24.3 Å². The van der Waals surface area contributed by atoms with E-state index in [1.807, 2.05) is 108 Å². The Balaban J connectivity index is 0.000000194. The minimum Gasteiger partial charge on any atom is -0.497 e. The number of benzene rings is 6. The fourth-order valence-corrected chi connectivity index (χ4v) is 8.13. The average Bonchev–Trinajstić information content (AvgIpc) is 3.36. The van der Waals surface area contributed by atoms with Crippen molar-refractivity contribution in [1.82, 2.24) is 9.80 Å². The largest absolute Gasteiger partial charge is 0.497 e. The van der Waals surface area contributed by atoms with Gasteiger partial charge in [-0.3, -0.25) is 9.59 Å². The summed E-state index contributed by atoms with van der Waals surface area (Å²) in [5.41, 5.74) is 5.06. The first kappa shape index (κ1) is 45.6. The molecule has 0 radical (unpaired) electrons. The Hall–Kier alpha value is -7.41. The highest BCUT2D eigenvalue weighted by molar-refractivity contribution is 5.95. The zero-order valence-electron chi connectivity index (χ0n) is 37.4. The van der Waals surface area contributed by atoms with Crippen molar-refractivity contribution in [3.8, 4) is 46.0 Å². The lowest BCUT2D eigenvalue weighted by molar-refractivity contribution is 0.0583. The number of hydrogen-bond donors (Lipinski definition) is 0. The smallest absolute Gasteiger partial charge is 0.254 e. The molecular weight excluding hydrogens is 832 g/mol. The third-order valence-corrected chi connectivity index (χ3v) is 11.6. The van der Waals surface area contributed by atoms with E-state index in [9.17, 15) is 14.0 Å². The van der Waals surface area contributed by atoms with Gasteiger partial charge < -0.3 is 47.7 Å². The minimum absolute atomic E-state index is 0.0191. The van der Waals surface area contributed by atoms with Crippen molar-refractivity contribution in [2.75, 3.05) is 69.0 Å². The minimum atomic E-state index is -0.448. The molecular formula is C52H53FN2O10. The van der Waals surface area contributed by atoms with Crippen LogP contribution >= 0.6 is 0 Å². The highest BCUT2D eigenvalue weighted by Crippen LogP contribution is 2.41. The van der Waals surface area contributed by atoms with Crippen molar-refractivity contribution >= 4 is 11.8 Å². The summed E-state index contributed by atoms with van der Waals surface area (Å²) in [7, 11) is 9.64. The van der Waals surface area contributed by atoms with Crippen LogP contribution in [0.4, 0.5) is 4.39 Å². The molecule has 0 saturated heterocycles. The van der Waals surface area contributed by atoms with Crippen LogP contribution in [0.25, 0.3) is 0 Å². The summed E-state index contributed by atoms with van der Waals surface area (Å²) in [6, 6.07) is 36.9. The fourth-order valence-electron chi connectivity index (χ4n) is 8.13. The Morgan fingerprint density at radius 2 is 0.877 bits per heavy atom. The number of fused-ring (bicyclic) bond motifs is 2. The third-order valence-electron chi connectivity index (χ3n) is 11.6. The van der Waals surface area contributed by atoms with Crippen molar-refractivity contribution < 1.29 is 51.9 Å². The van der Waals surface area contributed by atoms with Crippen molar-refractivity contribution in [2.45, 2.75) is 24.9 Å². The van der Waals surface area contributed by atoms with E-state index in [0.717, 1.165) is 40.2 Å². The topological polar surface area (TPSA) is 114 Å². The van der Waals surface area contributed by atoms with Crippen molar-refractivity contribution in [1.29, 1.82) is 0 Å². The van der Waals surface area contributed by atoms with Gasteiger partial charge in [0.2, 0.25) is 0 Å². The van der Waals surface area contributed by atoms with Gasteiger partial charge in [0.05, 0.1) is 54.7 Å². The molecule has 0 fully saturated rings. The highest BCUT2D eigenvalue weighted by Gasteiger charge is 2.35. The van der Waals surface area contributed by atoms with E-state index in [0.29, 0.717) is 71.7 Å². The zero-order valence-corrected chi connectivity index (χ0v) is 37.4. The predicted octanol–water partition coefficient (Wildman–Crippen LogP) is 9.20. The lowest BCUT2D eigenvalue weighted by Gasteiger charge is -2.37. The zero-order chi connectivity index (χ0) is 45.9. The van der Waals surface area contributed by atoms with Crippen LogP contribution in [0.1, 0.15) is 55.1 Å². The number of methoxy groups -OCH3 is 6. The molecule has 2 aliphatic heterocycles. The second-order valence-corrected chi connectivity index (χ2v) is 15.2. The lowest BCUT2D eigenvalue weighted by atomic mass is 9.91. The fraction of sp³-hybridized carbons (Fsp3) is 0.269. The molecule has 2 atom stereocenters. The van der Waals surface area contributed by atoms with E-state index in [4.69, 9.17) is 37.9 Å². The Morgan fingerprint density at radius 3 is 1.29 bits per heavy atom. The summed E-state index contributed by atoms with van der Waals surface area (Å²) in [5.74, 6) is 4.67. The summed E-state index contributed by atoms with van der Waals surface area (Å²) in [6.45, 7) is 1.59. The molecule has 8 rings (SSSR count). The summed E-state index contributed by atoms with van der Waals surface area (Å²) in [4.78, 5) is 30.4. The molecule has 6 aromatic carbocycles. The first-order valence-corrected chi connectivity index (χ1v) is 21.1. The summed E-state index contributed by atoms with van der Waals surface area (Å²) < 4.78 is 58.4. The Morgan fingerprint density at radius 1 is 0.477 bits per heavy atom. The maximum Gasteiger partial charge on any atom is 0.254 e. The maximum atomic E-state index is 13.8. The number of carbonyl (C=O) groups excluding carboxylic acids is 2. The maximum absolute atomic E-state index is 13.8. The van der Waals surface area contributed by atoms with Crippen LogP contribution < -0.4 is 37.9 Å². The molecule has 338 valence electrons. The van der Waals surface area contributed by atoms with Crippen molar-refractivity contribution in [3.63, 3.8) is 0 Å². The second-order valence-electron chi connectivity index (χ2n) is 15.2. The molecule has 0 saturated carbocycles. The number of carbonyl (C=O) groups is 2. The van der Waals surface area contributed by atoms with Crippen LogP contribution in [0.3, 0.4) is 0 Å². The van der Waals surface area contributed by atoms with E-state index in [2.05, 4.69) is 0 Å². The van der Waals surface area contributed by atoms with Gasteiger partial charge >= 0.3 is 0 Å². The SMILES string of the molecule is COc1ccc(OCC2c3cc(OC)c(OC)cc3CCN2C(=O)c2cccc(F)c2)cc1.COc1ccc(OCC2c3cc(OC)c(OC)cc3CCN2C(=O)c2ccccc2)cc1. The number of halogens is 1. The molecule has 2 aliphatic rings. The molecule has 2 heterocycles. The molecule has 2 unspecified atom stereocenters. The highest BCUT2D eigenvalue weighted by atomic mass is 19.1. The molecule has 0 spiro atoms. The Kier molecular flexibility index (Phi) is 15.0. The van der Waals surface area contributed by atoms with Crippen LogP contribution in [0.2, 0.25) is 0 Å². The summed E-state index contributed by atoms with van der Waals surface area (Å²) >= 11 is 0. The van der Waals surface area contributed by atoms with Crippen LogP contribution in [0.15, 0.2) is 127 Å². The van der Waals surface area contributed by atoms with Gasteiger partial charge in [-0.15, -0.1) is 0 Å². The van der Waals surface area contributed by atoms with Gasteiger partial charge in [0, 0.05) is 24.2 Å². The third kappa shape index (κ3) is 10.5. The van der Waals surface area contributed by atoms with Crippen LogP contribution in [0, 0.1) is 5.82 Å². The normalized spacial score (nSPS) is 14.9. The Labute approximate surface area is 378 Å². The monoisotopic (exact) mass is 884 g/mol. The van der Waals surface area contributed by atoms with E-state index < -0.39 is 11.9 Å². The molecule has 6 aromatic rings. The number of nitrogens with zero attached hydrogens (tertiary/aromatic N) is 2. The van der Waals surface area contributed by atoms with Gasteiger partial charge in [-0.05, 0) is 138 Å². The number of amides is 2. The van der Waals surface area contributed by atoms with Crippen LogP contribution in [-0.2, 0) is 12.8 Å². The molecule has 2 amide bonds. The summed E-state index contributed by atoms with van der Waals surface area (Å²) in [6.07, 6.45) is 1.36. The number of ether oxygens (including phenoxy) is 8. The molecule has 12 nitrogen and oxygen atoms in total. The van der Waals surface area contributed by atoms with E-state index in [1.54, 1.807) is 53.6 Å². The molecule has 0 N–H and O–H groups in total. The van der Waals surface area contributed by atoms with Crippen molar-refractivity contribution in [2.24, 2.45) is 0 Å². The van der Waals surface area contributed by atoms with Gasteiger partial charge in [0.15, 0.2) is 23.0 Å². The standard InChI is InChI=1S/C26H26FNO5.C26H27NO5/c1-30-20-7-9-21(10-8-20)33-16-23-22-15-25(32-3)24(31-2)14-17(22)11-12-28(23)26(29)18-5-4-6-19(27)13-18;1-29-20-9-11-21(12-10-20)32-17-23-22-16-25(31-3)24(30-2)15-19(22)13-14-27(23)26(28)18-7-5-4-6-8-18/h4-10,13-15,23H,11-12,16H2,1-3H3;4-12,15-16,23H,13-14,17H2,1-3H3. The number of rotatable bonds is 14. The van der Waals surface area contributed by atoms with Crippen molar-refractivity contribution in [3.05, 3.63) is 167 Å². The van der Waals surface area contributed by atoms with Gasteiger partial charge in [-0.2, -0.15) is 0 Å². The first-order valence-electron chi connectivity index (χ1n) is 21.1. The van der Waals surface area contributed by atoms with Crippen LogP contribution in [0.5, 0.6) is 46.0 Å². The average molecular weight is 885 g/mol. The predicted molar refractivity (Wildman–Crippen MR) is 244 cm³/mol. The summed E-state index contributed by atoms with van der Waals surface area (Å²) in [5, 5.41) is 0. The van der Waals surface area contributed by atoms with Gasteiger partial charge in [0.25, 0.3) is 11.8 Å². The van der Waals surface area contributed by atoms with E-state index >= 15 is 0 Å². The van der Waals surface area contributed by atoms with E-state index in [-0.39, 0.29) is 24.5 Å². The van der Waals surface area contributed by atoms with E-state index in [1.165, 1.54) is 18.2 Å². The van der Waals surface area contributed by atoms with Crippen LogP contribution in [-0.4, -0.2) is 90.6 Å². The second kappa shape index (κ2) is 21.3. The molecule has 13 heteroatoms. The molecule has 65 heavy (non-hydrogen) atoms. The molecule has 0 bridgehead atoms. The Bertz CT molecular complexity index is 2550. The first-order chi connectivity index (χ1) is 31.7. The molecule has 0 aliphatic carbocycles. The molecule has 0 aromatic heterocycles. The number of hydrogen-bond acceptors (Lipinski definition) is 10. The lowest BCUT2D eigenvalue weighted by Crippen LogP contribution is -2.42. The van der Waals surface area contributed by atoms with Gasteiger partial charge in [0.1, 0.15) is 42.0 Å². The van der Waals surface area contributed by atoms with Gasteiger partial charge in [-0.25, -0.2) is 4.39 Å².